The molecule has 2 aliphatic rings. The fourth-order valence-electron chi connectivity index (χ4n) is 4.86. The quantitative estimate of drug-likeness (QED) is 0.137. The predicted molar refractivity (Wildman–Crippen MR) is 141 cm³/mol. The zero-order valence-corrected chi connectivity index (χ0v) is 22.4. The molecule has 16 heteroatoms. The third-order valence-corrected chi connectivity index (χ3v) is 7.29. The fraction of sp³-hybridized carbons (Fsp3) is 0.444. The molecule has 43 heavy (non-hydrogen) atoms. The molecule has 0 aliphatic carbocycles. The van der Waals surface area contributed by atoms with Gasteiger partial charge in [0.25, 0.3) is 0 Å². The van der Waals surface area contributed by atoms with E-state index in [1.807, 2.05) is 0 Å². The molecule has 0 saturated carbocycles. The Bertz CT molecular complexity index is 1540. The maximum absolute atomic E-state index is 13.8. The summed E-state index contributed by atoms with van der Waals surface area (Å²) in [6, 6.07) is 5.80. The Morgan fingerprint density at radius 3 is 2.40 bits per heavy atom. The van der Waals surface area contributed by atoms with Crippen LogP contribution in [0.15, 0.2) is 39.5 Å². The fourth-order valence-corrected chi connectivity index (χ4v) is 4.86. The van der Waals surface area contributed by atoms with E-state index in [9.17, 15) is 50.8 Å². The molecular formula is C27H30O16. The molecular weight excluding hydrogens is 580 g/mol. The molecule has 16 nitrogen and oxygen atoms in total. The number of aliphatic hydroxyl groups is 6. The molecule has 5 rings (SSSR count). The van der Waals surface area contributed by atoms with Gasteiger partial charge in [-0.1, -0.05) is 0 Å². The van der Waals surface area contributed by atoms with Gasteiger partial charge >= 0.3 is 0 Å². The topological polar surface area (TPSA) is 258 Å². The first-order valence-corrected chi connectivity index (χ1v) is 12.9. The minimum Gasteiger partial charge on any atom is -0.508 e. The van der Waals surface area contributed by atoms with E-state index in [0.717, 1.165) is 12.1 Å². The number of phenolic OH excluding ortho intramolecular Hbond substituents is 3. The first-order valence-electron chi connectivity index (χ1n) is 12.9. The second-order valence-electron chi connectivity index (χ2n) is 10.1. The summed E-state index contributed by atoms with van der Waals surface area (Å²) in [5, 5.41) is 91.6. The van der Waals surface area contributed by atoms with E-state index in [-0.39, 0.29) is 28.4 Å². The van der Waals surface area contributed by atoms with Crippen LogP contribution in [0.2, 0.25) is 0 Å². The average Bonchev–Trinajstić information content (AvgIpc) is 3.26. The van der Waals surface area contributed by atoms with Gasteiger partial charge < -0.3 is 74.1 Å². The van der Waals surface area contributed by atoms with E-state index < -0.39 is 96.6 Å². The lowest BCUT2D eigenvalue weighted by Gasteiger charge is -2.42. The molecule has 3 aromatic rings. The summed E-state index contributed by atoms with van der Waals surface area (Å²) in [5.41, 5.74) is -3.26. The number of aliphatic hydroxyl groups excluding tert-OH is 5. The van der Waals surface area contributed by atoms with Crippen molar-refractivity contribution in [3.05, 3.63) is 40.6 Å². The van der Waals surface area contributed by atoms with Crippen molar-refractivity contribution < 1.29 is 74.1 Å². The molecule has 0 unspecified atom stereocenters. The molecule has 2 saturated heterocycles. The van der Waals surface area contributed by atoms with E-state index in [2.05, 4.69) is 0 Å². The van der Waals surface area contributed by atoms with Crippen LogP contribution in [-0.4, -0.2) is 122 Å². The van der Waals surface area contributed by atoms with Gasteiger partial charge in [0.1, 0.15) is 52.5 Å². The zero-order valence-electron chi connectivity index (χ0n) is 22.4. The number of ether oxygens (including phenoxy) is 5. The number of fused-ring (bicyclic) bond motifs is 1. The molecule has 2 aromatic carbocycles. The van der Waals surface area contributed by atoms with E-state index in [4.69, 9.17) is 28.1 Å². The first-order chi connectivity index (χ1) is 20.4. The van der Waals surface area contributed by atoms with Crippen LogP contribution in [0.3, 0.4) is 0 Å². The largest absolute Gasteiger partial charge is 0.508 e. The van der Waals surface area contributed by atoms with E-state index >= 15 is 0 Å². The lowest BCUT2D eigenvalue weighted by molar-refractivity contribution is -0.319. The van der Waals surface area contributed by atoms with Gasteiger partial charge in [-0.05, 0) is 18.2 Å². The molecule has 234 valence electrons. The minimum atomic E-state index is -2.11. The predicted octanol–water partition coefficient (Wildman–Crippen LogP) is -1.77. The van der Waals surface area contributed by atoms with Gasteiger partial charge in [-0.3, -0.25) is 4.79 Å². The Kier molecular flexibility index (Phi) is 8.41. The molecule has 0 amide bonds. The van der Waals surface area contributed by atoms with Gasteiger partial charge in [-0.2, -0.15) is 0 Å². The number of benzene rings is 2. The Hall–Kier alpha value is -3.71. The van der Waals surface area contributed by atoms with Crippen LogP contribution < -0.4 is 14.9 Å². The summed E-state index contributed by atoms with van der Waals surface area (Å²) in [4.78, 5) is 13.8. The number of phenols is 3. The molecule has 3 heterocycles. The SMILES string of the molecule is COc1cc(-c2oc3cc(O)cc(O)c3c(=O)c2O[C@@H]2O[C@@H](CO)[C@H](O)[C@H](O)[C@H]2O[C@@H]2OC[C@@](O)(CO)[C@@H]2O)ccc1O. The molecule has 2 aliphatic heterocycles. The average molecular weight is 611 g/mol. The van der Waals surface area contributed by atoms with Crippen molar-refractivity contribution in [3.63, 3.8) is 0 Å². The number of aromatic hydroxyl groups is 3. The number of methoxy groups -OCH3 is 1. The summed E-state index contributed by atoms with van der Waals surface area (Å²) in [6.45, 7) is -2.27. The molecule has 0 radical (unpaired) electrons. The molecule has 8 atom stereocenters. The third-order valence-electron chi connectivity index (χ3n) is 7.29. The summed E-state index contributed by atoms with van der Waals surface area (Å²) >= 11 is 0. The molecule has 9 N–H and O–H groups in total. The van der Waals surface area contributed by atoms with Crippen LogP contribution >= 0.6 is 0 Å². The summed E-state index contributed by atoms with van der Waals surface area (Å²) < 4.78 is 33.4. The first kappa shape index (κ1) is 30.7. The second kappa shape index (κ2) is 11.8. The van der Waals surface area contributed by atoms with E-state index in [1.54, 1.807) is 0 Å². The molecule has 0 spiro atoms. The third kappa shape index (κ3) is 5.44. The Balaban J connectivity index is 1.63. The number of hydrogen-bond donors (Lipinski definition) is 9. The van der Waals surface area contributed by atoms with Crippen LogP contribution in [0.5, 0.6) is 28.7 Å². The van der Waals surface area contributed by atoms with Crippen LogP contribution in [-0.2, 0) is 14.2 Å². The lowest BCUT2D eigenvalue weighted by Crippen LogP contribution is -2.62. The Morgan fingerprint density at radius 2 is 1.74 bits per heavy atom. The maximum atomic E-state index is 13.8. The van der Waals surface area contributed by atoms with E-state index in [0.29, 0.717) is 0 Å². The van der Waals surface area contributed by atoms with E-state index in [1.165, 1.54) is 25.3 Å². The zero-order chi connectivity index (χ0) is 31.2. The molecule has 2 fully saturated rings. The second-order valence-corrected chi connectivity index (χ2v) is 10.1. The van der Waals surface area contributed by atoms with Gasteiger partial charge in [0.2, 0.25) is 17.5 Å². The highest BCUT2D eigenvalue weighted by molar-refractivity contribution is 5.88. The summed E-state index contributed by atoms with van der Waals surface area (Å²) in [5.74, 6) is -2.34. The van der Waals surface area contributed by atoms with Gasteiger partial charge in [-0.25, -0.2) is 0 Å². The van der Waals surface area contributed by atoms with Gasteiger partial charge in [0.15, 0.2) is 29.7 Å². The highest BCUT2D eigenvalue weighted by atomic mass is 16.8. The minimum absolute atomic E-state index is 0.0253. The Morgan fingerprint density at radius 1 is 1.00 bits per heavy atom. The van der Waals surface area contributed by atoms with Crippen LogP contribution in [0.25, 0.3) is 22.3 Å². The van der Waals surface area contributed by atoms with Gasteiger partial charge in [0.05, 0.1) is 26.9 Å². The van der Waals surface area contributed by atoms with Gasteiger partial charge in [-0.15, -0.1) is 0 Å². The summed E-state index contributed by atoms with van der Waals surface area (Å²) in [6.07, 6.45) is -12.2. The maximum Gasteiger partial charge on any atom is 0.239 e. The van der Waals surface area contributed by atoms with Crippen LogP contribution in [0, 0.1) is 0 Å². The van der Waals surface area contributed by atoms with Crippen molar-refractivity contribution in [2.24, 2.45) is 0 Å². The Labute approximate surface area is 241 Å². The van der Waals surface area contributed by atoms with Crippen molar-refractivity contribution in [1.82, 2.24) is 0 Å². The number of hydrogen-bond acceptors (Lipinski definition) is 16. The smallest absolute Gasteiger partial charge is 0.239 e. The highest BCUT2D eigenvalue weighted by Gasteiger charge is 2.53. The molecule has 0 bridgehead atoms. The van der Waals surface area contributed by atoms with Crippen LogP contribution in [0.1, 0.15) is 0 Å². The highest BCUT2D eigenvalue weighted by Crippen LogP contribution is 2.40. The van der Waals surface area contributed by atoms with Crippen LogP contribution in [0.4, 0.5) is 0 Å². The standard InChI is InChI=1S/C27H30O16/c1-38-14-4-10(2-3-12(14)31)21-22(19(34)17-13(32)5-11(30)6-15(17)40-21)42-25-23(20(35)18(33)16(7-28)41-25)43-26-24(36)27(37,8-29)9-39-26/h2-6,16,18,20,23-26,28-33,35-37H,7-9H2,1H3/t16-,18-,20-,23+,24+,25-,26-,27-/m0/s1. The van der Waals surface area contributed by atoms with Crippen molar-refractivity contribution in [3.8, 4) is 40.1 Å². The molecule has 1 aromatic heterocycles. The normalized spacial score (nSPS) is 30.9. The van der Waals surface area contributed by atoms with Crippen molar-refractivity contribution in [2.75, 3.05) is 26.9 Å². The number of rotatable bonds is 8. The summed E-state index contributed by atoms with van der Waals surface area (Å²) in [7, 11) is 1.28. The van der Waals surface area contributed by atoms with Crippen molar-refractivity contribution >= 4 is 11.0 Å². The lowest BCUT2D eigenvalue weighted by atomic mass is 9.98. The monoisotopic (exact) mass is 610 g/mol. The van der Waals surface area contributed by atoms with Crippen molar-refractivity contribution in [1.29, 1.82) is 0 Å². The van der Waals surface area contributed by atoms with Gasteiger partial charge in [0, 0.05) is 17.7 Å². The van der Waals surface area contributed by atoms with Crippen molar-refractivity contribution in [2.45, 2.75) is 48.7 Å².